The van der Waals surface area contributed by atoms with Gasteiger partial charge in [0.05, 0.1) is 13.2 Å². The average Bonchev–Trinajstić information content (AvgIpc) is 3.38. The molecule has 0 aliphatic carbocycles. The average molecular weight is 621 g/mol. The minimum absolute atomic E-state index is 0.0552. The standard InChI is InChI=1S/C27H28BrN2O6S2/c1-4-35-24(31)15-30(16-28)26(32)21-13-23(18-9-11-20(12-10-18)36-17-34-2)38-25(21)29(27(30)33)14-19-7-5-6-8-22(19)37-3/h5-13H,4,14-17H2,1-3H3/q+1. The van der Waals surface area contributed by atoms with Crippen LogP contribution in [0.25, 0.3) is 10.4 Å². The first kappa shape index (κ1) is 28.3. The number of quaternary nitrogens is 1. The number of hydrogen-bond donors (Lipinski definition) is 0. The zero-order valence-electron chi connectivity index (χ0n) is 21.3. The third-order valence-corrected chi connectivity index (χ3v) is 8.99. The monoisotopic (exact) mass is 619 g/mol. The molecule has 1 unspecified atom stereocenters. The Labute approximate surface area is 238 Å². The van der Waals surface area contributed by atoms with Gasteiger partial charge in [-0.1, -0.05) is 18.2 Å². The highest BCUT2D eigenvalue weighted by atomic mass is 79.9. The van der Waals surface area contributed by atoms with Gasteiger partial charge in [0, 0.05) is 16.9 Å². The Morgan fingerprint density at radius 1 is 1.13 bits per heavy atom. The van der Waals surface area contributed by atoms with E-state index >= 15 is 0 Å². The van der Waals surface area contributed by atoms with Crippen LogP contribution in [0, 0.1) is 0 Å². The van der Waals surface area contributed by atoms with Crippen LogP contribution in [-0.2, 0) is 20.8 Å². The Balaban J connectivity index is 1.80. The summed E-state index contributed by atoms with van der Waals surface area (Å²) in [6, 6.07) is 16.6. The van der Waals surface area contributed by atoms with E-state index in [1.165, 1.54) is 11.3 Å². The number of fused-ring (bicyclic) bond motifs is 1. The van der Waals surface area contributed by atoms with Gasteiger partial charge in [-0.25, -0.2) is 19.3 Å². The molecule has 0 saturated carbocycles. The van der Waals surface area contributed by atoms with Crippen molar-refractivity contribution in [2.45, 2.75) is 18.4 Å². The Bertz CT molecular complexity index is 1330. The van der Waals surface area contributed by atoms with E-state index in [9.17, 15) is 14.4 Å². The van der Waals surface area contributed by atoms with E-state index in [-0.39, 0.29) is 25.4 Å². The molecule has 38 heavy (non-hydrogen) atoms. The van der Waals surface area contributed by atoms with E-state index in [1.54, 1.807) is 36.8 Å². The summed E-state index contributed by atoms with van der Waals surface area (Å²) in [6.07, 6.45) is 1.98. The van der Waals surface area contributed by atoms with Crippen LogP contribution in [-0.4, -0.2) is 61.2 Å². The summed E-state index contributed by atoms with van der Waals surface area (Å²) in [5.41, 5.74) is 2.17. The largest absolute Gasteiger partial charge is 0.468 e. The summed E-state index contributed by atoms with van der Waals surface area (Å²) in [4.78, 5) is 44.1. The molecule has 0 bridgehead atoms. The number of thiophene rings is 1. The van der Waals surface area contributed by atoms with Crippen molar-refractivity contribution in [2.24, 2.45) is 0 Å². The molecule has 1 aliphatic rings. The van der Waals surface area contributed by atoms with Gasteiger partial charge in [-0.05, 0) is 76.6 Å². The first-order valence-corrected chi connectivity index (χ1v) is 15.0. The van der Waals surface area contributed by atoms with Gasteiger partial charge in [-0.2, -0.15) is 4.48 Å². The van der Waals surface area contributed by atoms with Gasteiger partial charge in [0.15, 0.2) is 18.8 Å². The maximum Gasteiger partial charge on any atom is 0.433 e. The van der Waals surface area contributed by atoms with E-state index in [4.69, 9.17) is 14.2 Å². The van der Waals surface area contributed by atoms with Gasteiger partial charge < -0.3 is 14.2 Å². The van der Waals surface area contributed by atoms with Crippen molar-refractivity contribution in [2.75, 3.05) is 43.7 Å². The lowest BCUT2D eigenvalue weighted by molar-refractivity contribution is -0.742. The Morgan fingerprint density at radius 2 is 1.87 bits per heavy atom. The Kier molecular flexibility index (Phi) is 9.27. The number of imide groups is 1. The molecule has 0 spiro atoms. The van der Waals surface area contributed by atoms with E-state index < -0.39 is 28.9 Å². The molecule has 0 N–H and O–H groups in total. The minimum atomic E-state index is -0.729. The summed E-state index contributed by atoms with van der Waals surface area (Å²) in [5.74, 6) is -0.390. The number of carbonyl (C=O) groups excluding carboxylic acids is 3. The number of halogens is 1. The lowest BCUT2D eigenvalue weighted by Crippen LogP contribution is -2.65. The maximum absolute atomic E-state index is 14.1. The fraction of sp³-hybridized carbons (Fsp3) is 0.296. The first-order chi connectivity index (χ1) is 18.4. The lowest BCUT2D eigenvalue weighted by atomic mass is 10.1. The zero-order chi connectivity index (χ0) is 27.3. The summed E-state index contributed by atoms with van der Waals surface area (Å²) < 4.78 is 14.8. The number of thioether (sulfide) groups is 1. The lowest BCUT2D eigenvalue weighted by Gasteiger charge is -2.38. The third-order valence-electron chi connectivity index (χ3n) is 6.09. The van der Waals surface area contributed by atoms with Crippen LogP contribution in [0.4, 0.5) is 9.80 Å². The van der Waals surface area contributed by atoms with Gasteiger partial charge in [-0.3, -0.25) is 0 Å². The number of alkyl halides is 1. The van der Waals surface area contributed by atoms with Crippen molar-refractivity contribution in [3.8, 4) is 16.2 Å². The summed E-state index contributed by atoms with van der Waals surface area (Å²) >= 11 is 6.33. The van der Waals surface area contributed by atoms with Crippen molar-refractivity contribution in [1.29, 1.82) is 0 Å². The highest BCUT2D eigenvalue weighted by Gasteiger charge is 2.55. The van der Waals surface area contributed by atoms with E-state index in [2.05, 4.69) is 15.9 Å². The molecule has 0 saturated heterocycles. The van der Waals surface area contributed by atoms with Crippen molar-refractivity contribution < 1.29 is 33.1 Å². The first-order valence-electron chi connectivity index (χ1n) is 11.8. The number of benzene rings is 2. The van der Waals surface area contributed by atoms with Crippen molar-refractivity contribution in [1.82, 2.24) is 0 Å². The van der Waals surface area contributed by atoms with Crippen LogP contribution in [0.15, 0.2) is 59.5 Å². The van der Waals surface area contributed by atoms with Gasteiger partial charge >= 0.3 is 17.9 Å². The van der Waals surface area contributed by atoms with E-state index in [0.29, 0.717) is 16.3 Å². The smallest absolute Gasteiger partial charge is 0.433 e. The van der Waals surface area contributed by atoms with Crippen LogP contribution in [0.5, 0.6) is 5.75 Å². The fourth-order valence-corrected chi connectivity index (χ4v) is 6.59. The third kappa shape index (κ3) is 5.52. The van der Waals surface area contributed by atoms with Crippen molar-refractivity contribution in [3.63, 3.8) is 0 Å². The second-order valence-electron chi connectivity index (χ2n) is 8.44. The molecule has 2 aromatic carbocycles. The molecule has 3 aromatic rings. The number of rotatable bonds is 11. The van der Waals surface area contributed by atoms with Gasteiger partial charge in [0.1, 0.15) is 16.3 Å². The molecule has 200 valence electrons. The van der Waals surface area contributed by atoms with E-state index in [1.807, 2.05) is 54.8 Å². The number of ether oxygens (including phenoxy) is 3. The zero-order valence-corrected chi connectivity index (χ0v) is 24.5. The van der Waals surface area contributed by atoms with Crippen LogP contribution in [0.3, 0.4) is 0 Å². The fourth-order valence-electron chi connectivity index (χ4n) is 4.21. The number of methoxy groups -OCH3 is 1. The van der Waals surface area contributed by atoms with Gasteiger partial charge in [0.25, 0.3) is 0 Å². The summed E-state index contributed by atoms with van der Waals surface area (Å²) in [7, 11) is 1.56. The molecule has 0 radical (unpaired) electrons. The van der Waals surface area contributed by atoms with Gasteiger partial charge in [-0.15, -0.1) is 23.1 Å². The topological polar surface area (TPSA) is 82.1 Å². The number of carbonyl (C=O) groups is 3. The predicted molar refractivity (Wildman–Crippen MR) is 152 cm³/mol. The number of esters is 1. The normalized spacial score (nSPS) is 16.9. The van der Waals surface area contributed by atoms with Gasteiger partial charge in [0.2, 0.25) is 0 Å². The molecule has 11 heteroatoms. The number of nitrogens with zero attached hydrogens (tertiary/aromatic N) is 2. The molecule has 3 amide bonds. The SMILES string of the molecule is CCOC(=O)C[N+]1(CBr)C(=O)c2cc(-c3ccc(OCOC)cc3)sc2N(Cc2ccccc2SC)C1=O. The molecular formula is C27H28BrN2O6S2+. The van der Waals surface area contributed by atoms with Crippen LogP contribution < -0.4 is 9.64 Å². The molecular weight excluding hydrogens is 592 g/mol. The molecule has 4 rings (SSSR count). The number of urea groups is 1. The van der Waals surface area contributed by atoms with Crippen LogP contribution >= 0.6 is 39.0 Å². The van der Waals surface area contributed by atoms with Crippen molar-refractivity contribution in [3.05, 3.63) is 65.7 Å². The minimum Gasteiger partial charge on any atom is -0.468 e. The maximum atomic E-state index is 14.1. The number of anilines is 1. The van der Waals surface area contributed by atoms with Crippen LogP contribution in [0.1, 0.15) is 22.8 Å². The second kappa shape index (κ2) is 12.4. The Morgan fingerprint density at radius 3 is 2.53 bits per heavy atom. The predicted octanol–water partition coefficient (Wildman–Crippen LogP) is 6.13. The molecule has 2 heterocycles. The number of amides is 3. The van der Waals surface area contributed by atoms with Crippen LogP contribution in [0.2, 0.25) is 0 Å². The molecule has 1 aliphatic heterocycles. The molecule has 8 nitrogen and oxygen atoms in total. The van der Waals surface area contributed by atoms with Crippen molar-refractivity contribution >= 4 is 61.9 Å². The quantitative estimate of drug-likeness (QED) is 0.0637. The second-order valence-corrected chi connectivity index (χ2v) is 10.8. The summed E-state index contributed by atoms with van der Waals surface area (Å²) in [6.45, 7) is 1.86. The Hall–Kier alpha value is -2.70. The summed E-state index contributed by atoms with van der Waals surface area (Å²) in [5, 5.41) is 0.559. The molecule has 1 atom stereocenters. The highest BCUT2D eigenvalue weighted by molar-refractivity contribution is 9.09. The van der Waals surface area contributed by atoms with E-state index in [0.717, 1.165) is 20.9 Å². The molecule has 1 aromatic heterocycles. The highest BCUT2D eigenvalue weighted by Crippen LogP contribution is 2.45. The molecule has 0 fully saturated rings. The number of hydrogen-bond acceptors (Lipinski definition) is 8.